The van der Waals surface area contributed by atoms with Gasteiger partial charge in [0.2, 0.25) is 5.91 Å². The maximum Gasteiger partial charge on any atom is 0.271 e. The molecule has 0 bridgehead atoms. The summed E-state index contributed by atoms with van der Waals surface area (Å²) < 4.78 is 5.44. The molecule has 37 heavy (non-hydrogen) atoms. The van der Waals surface area contributed by atoms with Gasteiger partial charge in [-0.15, -0.1) is 0 Å². The highest BCUT2D eigenvalue weighted by atomic mass is 16.5. The van der Waals surface area contributed by atoms with Crippen LogP contribution >= 0.6 is 0 Å². The van der Waals surface area contributed by atoms with E-state index in [1.54, 1.807) is 18.1 Å². The van der Waals surface area contributed by atoms with Crippen molar-refractivity contribution in [3.8, 4) is 11.8 Å². The van der Waals surface area contributed by atoms with E-state index in [1.165, 1.54) is 0 Å². The number of hydrogen-bond donors (Lipinski definition) is 2. The van der Waals surface area contributed by atoms with E-state index in [4.69, 9.17) is 4.74 Å². The van der Waals surface area contributed by atoms with Crippen LogP contribution in [0, 0.1) is 28.1 Å². The molecule has 2 saturated carbocycles. The van der Waals surface area contributed by atoms with Crippen molar-refractivity contribution < 1.29 is 19.1 Å². The number of aromatic amines is 1. The van der Waals surface area contributed by atoms with E-state index < -0.39 is 12.1 Å². The number of carbonyl (C=O) groups is 3. The number of rotatable bonds is 6. The minimum absolute atomic E-state index is 0.00654. The molecule has 2 amide bonds. The van der Waals surface area contributed by atoms with Crippen molar-refractivity contribution in [3.05, 3.63) is 30.0 Å². The largest absolute Gasteiger partial charge is 0.496 e. The highest BCUT2D eigenvalue weighted by Gasteiger charge is 2.52. The van der Waals surface area contributed by atoms with Gasteiger partial charge in [0.05, 0.1) is 13.2 Å². The number of nitrogens with zero attached hydrogens (tertiary/aromatic N) is 2. The zero-order chi connectivity index (χ0) is 26.4. The van der Waals surface area contributed by atoms with E-state index in [0.29, 0.717) is 37.3 Å². The van der Waals surface area contributed by atoms with Gasteiger partial charge in [-0.25, -0.2) is 0 Å². The van der Waals surface area contributed by atoms with Crippen LogP contribution < -0.4 is 10.1 Å². The molecule has 2 aromatic rings. The summed E-state index contributed by atoms with van der Waals surface area (Å²) in [5.74, 6) is 0.113. The maximum absolute atomic E-state index is 13.7. The third kappa shape index (κ3) is 4.84. The Morgan fingerprint density at radius 3 is 2.73 bits per heavy atom. The molecule has 5 rings (SSSR count). The molecule has 3 unspecified atom stereocenters. The number of likely N-dealkylation sites (tertiary alicyclic amines) is 1. The fourth-order valence-electron chi connectivity index (χ4n) is 6.49. The number of ketones is 1. The molecule has 1 aromatic carbocycles. The van der Waals surface area contributed by atoms with Crippen LogP contribution in [0.5, 0.6) is 5.75 Å². The topological polar surface area (TPSA) is 115 Å². The first-order chi connectivity index (χ1) is 17.6. The van der Waals surface area contributed by atoms with Crippen LogP contribution in [0.3, 0.4) is 0 Å². The van der Waals surface area contributed by atoms with E-state index >= 15 is 0 Å². The first kappa shape index (κ1) is 25.3. The van der Waals surface area contributed by atoms with Crippen molar-refractivity contribution in [2.24, 2.45) is 16.7 Å². The van der Waals surface area contributed by atoms with Crippen molar-refractivity contribution >= 4 is 28.5 Å². The lowest BCUT2D eigenvalue weighted by Crippen LogP contribution is -2.49. The molecule has 3 fully saturated rings. The second kappa shape index (κ2) is 9.51. The van der Waals surface area contributed by atoms with E-state index in [2.05, 4.69) is 30.2 Å². The van der Waals surface area contributed by atoms with Gasteiger partial charge in [-0.1, -0.05) is 26.3 Å². The van der Waals surface area contributed by atoms with Crippen LogP contribution in [0.2, 0.25) is 0 Å². The molecular weight excluding hydrogens is 468 g/mol. The van der Waals surface area contributed by atoms with Crippen LogP contribution in [0.4, 0.5) is 0 Å². The fraction of sp³-hybridized carbons (Fsp3) is 0.586. The van der Waals surface area contributed by atoms with Crippen LogP contribution in [0.15, 0.2) is 24.3 Å². The number of ether oxygens (including phenoxy) is 1. The minimum atomic E-state index is -0.755. The molecule has 8 nitrogen and oxygen atoms in total. The van der Waals surface area contributed by atoms with Gasteiger partial charge in [0.1, 0.15) is 29.3 Å². The molecule has 1 aliphatic heterocycles. The highest BCUT2D eigenvalue weighted by molar-refractivity contribution is 6.02. The molecular formula is C29H36N4O4. The SMILES string of the molecule is COc1cccc2[nH]c(C(=O)N3CC4(CCC4)CC3C(=O)NC(C#N)CC3CCC(C)(C)CC3=O)cc12. The molecule has 0 radical (unpaired) electrons. The number of H-pyrrole nitrogens is 1. The van der Waals surface area contributed by atoms with Crippen LogP contribution in [-0.4, -0.2) is 53.2 Å². The zero-order valence-corrected chi connectivity index (χ0v) is 21.9. The summed E-state index contributed by atoms with van der Waals surface area (Å²) in [6.45, 7) is 4.72. The number of amides is 2. The summed E-state index contributed by atoms with van der Waals surface area (Å²) in [6.07, 6.45) is 6.18. The standard InChI is InChI=1S/C29H36N4O4/c1-28(2)11-8-18(24(34)15-28)12-19(16-30)31-26(35)23-14-29(9-5-10-29)17-33(23)27(36)22-13-20-21(32-22)6-4-7-25(20)37-3/h4,6-7,13,18-19,23,32H,5,8-12,14-15,17H2,1-3H3,(H,31,35). The van der Waals surface area contributed by atoms with Crippen molar-refractivity contribution in [2.45, 2.75) is 77.3 Å². The Balaban J connectivity index is 1.32. The van der Waals surface area contributed by atoms with Gasteiger partial charge >= 0.3 is 0 Å². The van der Waals surface area contributed by atoms with Crippen LogP contribution in [-0.2, 0) is 9.59 Å². The number of hydrogen-bond acceptors (Lipinski definition) is 5. The van der Waals surface area contributed by atoms with Gasteiger partial charge in [-0.3, -0.25) is 14.4 Å². The second-order valence-electron chi connectivity index (χ2n) is 12.1. The van der Waals surface area contributed by atoms with Gasteiger partial charge < -0.3 is 19.9 Å². The number of carbonyl (C=O) groups excluding carboxylic acids is 3. The zero-order valence-electron chi connectivity index (χ0n) is 21.9. The van der Waals surface area contributed by atoms with E-state index in [9.17, 15) is 19.6 Å². The van der Waals surface area contributed by atoms with E-state index in [0.717, 1.165) is 43.0 Å². The van der Waals surface area contributed by atoms with Crippen molar-refractivity contribution in [1.82, 2.24) is 15.2 Å². The van der Waals surface area contributed by atoms with Crippen LogP contribution in [0.1, 0.15) is 75.7 Å². The number of methoxy groups -OCH3 is 1. The third-order valence-corrected chi connectivity index (χ3v) is 8.83. The minimum Gasteiger partial charge on any atom is -0.496 e. The van der Waals surface area contributed by atoms with Gasteiger partial charge in [-0.05, 0) is 67.6 Å². The predicted molar refractivity (Wildman–Crippen MR) is 139 cm³/mol. The molecule has 3 aliphatic rings. The fourth-order valence-corrected chi connectivity index (χ4v) is 6.49. The predicted octanol–water partition coefficient (Wildman–Crippen LogP) is 4.36. The molecule has 1 spiro atoms. The smallest absolute Gasteiger partial charge is 0.271 e. The lowest BCUT2D eigenvalue weighted by molar-refractivity contribution is -0.129. The summed E-state index contributed by atoms with van der Waals surface area (Å²) in [6, 6.07) is 8.18. The van der Waals surface area contributed by atoms with Crippen molar-refractivity contribution in [3.63, 3.8) is 0 Å². The first-order valence-electron chi connectivity index (χ1n) is 13.3. The summed E-state index contributed by atoms with van der Waals surface area (Å²) in [5.41, 5.74) is 1.18. The number of benzene rings is 1. The molecule has 2 heterocycles. The quantitative estimate of drug-likeness (QED) is 0.607. The van der Waals surface area contributed by atoms with Gasteiger partial charge in [0.15, 0.2) is 0 Å². The normalized spacial score (nSPS) is 24.9. The summed E-state index contributed by atoms with van der Waals surface area (Å²) >= 11 is 0. The molecule has 1 aromatic heterocycles. The number of nitriles is 1. The highest BCUT2D eigenvalue weighted by Crippen LogP contribution is 2.50. The van der Waals surface area contributed by atoms with Gasteiger partial charge in [0.25, 0.3) is 5.91 Å². The molecule has 3 atom stereocenters. The Hall–Kier alpha value is -3.34. The van der Waals surface area contributed by atoms with E-state index in [1.807, 2.05) is 18.2 Å². The third-order valence-electron chi connectivity index (χ3n) is 8.83. The Morgan fingerprint density at radius 1 is 1.30 bits per heavy atom. The summed E-state index contributed by atoms with van der Waals surface area (Å²) in [4.78, 5) is 44.8. The summed E-state index contributed by atoms with van der Waals surface area (Å²) in [7, 11) is 1.60. The molecule has 1 saturated heterocycles. The molecule has 8 heteroatoms. The van der Waals surface area contributed by atoms with Crippen molar-refractivity contribution in [1.29, 1.82) is 5.26 Å². The van der Waals surface area contributed by atoms with Gasteiger partial charge in [0, 0.05) is 29.8 Å². The van der Waals surface area contributed by atoms with Gasteiger partial charge in [-0.2, -0.15) is 5.26 Å². The second-order valence-corrected chi connectivity index (χ2v) is 12.1. The molecule has 196 valence electrons. The average molecular weight is 505 g/mol. The molecule has 2 aliphatic carbocycles. The van der Waals surface area contributed by atoms with E-state index in [-0.39, 0.29) is 34.3 Å². The van der Waals surface area contributed by atoms with Crippen molar-refractivity contribution in [2.75, 3.05) is 13.7 Å². The lowest BCUT2D eigenvalue weighted by atomic mass is 9.67. The number of aromatic nitrogens is 1. The first-order valence-corrected chi connectivity index (χ1v) is 13.3. The lowest BCUT2D eigenvalue weighted by Gasteiger charge is -2.37. The monoisotopic (exact) mass is 504 g/mol. The van der Waals surface area contributed by atoms with Crippen LogP contribution in [0.25, 0.3) is 10.9 Å². The Kier molecular flexibility index (Phi) is 6.51. The Labute approximate surface area is 217 Å². The maximum atomic E-state index is 13.7. The average Bonchev–Trinajstić information content (AvgIpc) is 3.47. The number of nitrogens with one attached hydrogen (secondary N) is 2. The Morgan fingerprint density at radius 2 is 2.08 bits per heavy atom. The molecule has 2 N–H and O–H groups in total. The number of Topliss-reactive ketones (excluding diaryl/α,β-unsaturated/α-hetero) is 1. The Bertz CT molecular complexity index is 1270. The number of fused-ring (bicyclic) bond motifs is 1. The summed E-state index contributed by atoms with van der Waals surface area (Å²) in [5, 5.41) is 13.5.